The van der Waals surface area contributed by atoms with Gasteiger partial charge in [0.1, 0.15) is 16.6 Å². The lowest BCUT2D eigenvalue weighted by atomic mass is 10.2. The third-order valence-electron chi connectivity index (χ3n) is 4.29. The monoisotopic (exact) mass is 439 g/mol. The molecular formula is C21H18ClN5O2S. The summed E-state index contributed by atoms with van der Waals surface area (Å²) in [7, 11) is 0. The summed E-state index contributed by atoms with van der Waals surface area (Å²) in [6, 6.07) is 14.6. The number of nitrogens with zero attached hydrogens (tertiary/aromatic N) is 4. The summed E-state index contributed by atoms with van der Waals surface area (Å²) in [5.41, 5.74) is 2.19. The molecule has 3 heterocycles. The Kier molecular flexibility index (Phi) is 6.15. The second kappa shape index (κ2) is 9.15. The number of hydrogen-bond acceptors (Lipinski definition) is 6. The van der Waals surface area contributed by atoms with Crippen LogP contribution >= 0.6 is 23.4 Å². The second-order valence-corrected chi connectivity index (χ2v) is 7.86. The highest BCUT2D eigenvalue weighted by molar-refractivity contribution is 7.98. The normalized spacial score (nSPS) is 10.9. The molecule has 1 amide bonds. The Hall–Kier alpha value is -3.10. The zero-order valence-corrected chi connectivity index (χ0v) is 17.7. The van der Waals surface area contributed by atoms with E-state index in [-0.39, 0.29) is 5.91 Å². The molecule has 0 unspecified atom stereocenters. The van der Waals surface area contributed by atoms with Crippen LogP contribution < -0.4 is 5.32 Å². The van der Waals surface area contributed by atoms with E-state index in [1.54, 1.807) is 35.3 Å². The van der Waals surface area contributed by atoms with Crippen molar-refractivity contribution in [2.75, 3.05) is 5.32 Å². The van der Waals surface area contributed by atoms with Crippen LogP contribution in [0.3, 0.4) is 0 Å². The number of nitrogens with one attached hydrogen (secondary N) is 1. The first-order valence-corrected chi connectivity index (χ1v) is 10.5. The number of pyridine rings is 1. The number of thioether (sulfide) groups is 1. The van der Waals surface area contributed by atoms with Crippen LogP contribution in [0.4, 0.5) is 5.82 Å². The van der Waals surface area contributed by atoms with Crippen molar-refractivity contribution in [1.82, 2.24) is 19.9 Å². The number of carbonyl (C=O) groups is 1. The standard InChI is InChI=1S/C21H18ClN5O2S/c1-14-11-16(26-29-14)13-30-21-17(6-4-9-23-21)20(28)25-19-8-10-24-27(19)12-15-5-2-3-7-18(15)22/h2-11H,12-13H2,1H3,(H,25,28). The molecule has 0 aliphatic heterocycles. The Morgan fingerprint density at radius 1 is 1.20 bits per heavy atom. The first kappa shape index (κ1) is 20.2. The Morgan fingerprint density at radius 3 is 2.87 bits per heavy atom. The second-order valence-electron chi connectivity index (χ2n) is 6.49. The van der Waals surface area contributed by atoms with Gasteiger partial charge >= 0.3 is 0 Å². The van der Waals surface area contributed by atoms with Crippen LogP contribution in [0.1, 0.15) is 27.4 Å². The lowest BCUT2D eigenvalue weighted by Crippen LogP contribution is -2.17. The van der Waals surface area contributed by atoms with Crippen molar-refractivity contribution in [3.05, 3.63) is 88.5 Å². The highest BCUT2D eigenvalue weighted by Gasteiger charge is 2.16. The number of carbonyl (C=O) groups excluding carboxylic acids is 1. The first-order valence-electron chi connectivity index (χ1n) is 9.17. The largest absolute Gasteiger partial charge is 0.361 e. The van der Waals surface area contributed by atoms with E-state index in [2.05, 4.69) is 20.6 Å². The van der Waals surface area contributed by atoms with E-state index in [0.29, 0.717) is 33.7 Å². The molecule has 152 valence electrons. The van der Waals surface area contributed by atoms with Gasteiger partial charge in [-0.3, -0.25) is 4.79 Å². The molecule has 0 aliphatic carbocycles. The number of hydrogen-bond donors (Lipinski definition) is 1. The van der Waals surface area contributed by atoms with Crippen molar-refractivity contribution in [3.63, 3.8) is 0 Å². The molecule has 0 bridgehead atoms. The van der Waals surface area contributed by atoms with Gasteiger partial charge in [0, 0.05) is 29.1 Å². The van der Waals surface area contributed by atoms with Crippen molar-refractivity contribution in [3.8, 4) is 0 Å². The van der Waals surface area contributed by atoms with Crippen molar-refractivity contribution in [2.45, 2.75) is 24.2 Å². The minimum Gasteiger partial charge on any atom is -0.361 e. The molecule has 3 aromatic heterocycles. The molecule has 7 nitrogen and oxygen atoms in total. The van der Waals surface area contributed by atoms with Gasteiger partial charge in [0.25, 0.3) is 5.91 Å². The minimum atomic E-state index is -0.261. The van der Waals surface area contributed by atoms with Gasteiger partial charge in [0.15, 0.2) is 0 Å². The molecule has 0 saturated heterocycles. The molecule has 4 aromatic rings. The summed E-state index contributed by atoms with van der Waals surface area (Å²) in [6.07, 6.45) is 3.30. The maximum atomic E-state index is 13.0. The summed E-state index contributed by atoms with van der Waals surface area (Å²) >= 11 is 7.68. The van der Waals surface area contributed by atoms with Gasteiger partial charge < -0.3 is 9.84 Å². The predicted molar refractivity (Wildman–Crippen MR) is 116 cm³/mol. The molecular weight excluding hydrogens is 422 g/mol. The van der Waals surface area contributed by atoms with Gasteiger partial charge in [0.05, 0.1) is 24.0 Å². The molecule has 0 radical (unpaired) electrons. The molecule has 0 saturated carbocycles. The molecule has 0 fully saturated rings. The maximum absolute atomic E-state index is 13.0. The highest BCUT2D eigenvalue weighted by atomic mass is 35.5. The fraction of sp³-hybridized carbons (Fsp3) is 0.143. The Labute approximate surface area is 182 Å². The van der Waals surface area contributed by atoms with Gasteiger partial charge in [0.2, 0.25) is 0 Å². The Bertz CT molecular complexity index is 1170. The minimum absolute atomic E-state index is 0.261. The summed E-state index contributed by atoms with van der Waals surface area (Å²) in [5, 5.41) is 12.5. The molecule has 30 heavy (non-hydrogen) atoms. The lowest BCUT2D eigenvalue weighted by Gasteiger charge is -2.11. The van der Waals surface area contributed by atoms with Crippen LogP contribution in [-0.2, 0) is 12.3 Å². The van der Waals surface area contributed by atoms with Crippen molar-refractivity contribution < 1.29 is 9.32 Å². The van der Waals surface area contributed by atoms with Crippen LogP contribution in [-0.4, -0.2) is 25.8 Å². The number of aromatic nitrogens is 4. The molecule has 0 aliphatic rings. The molecule has 0 atom stereocenters. The Balaban J connectivity index is 1.49. The van der Waals surface area contributed by atoms with Crippen LogP contribution in [0.2, 0.25) is 5.02 Å². The zero-order chi connectivity index (χ0) is 20.9. The zero-order valence-electron chi connectivity index (χ0n) is 16.1. The average molecular weight is 440 g/mol. The predicted octanol–water partition coefficient (Wildman–Crippen LogP) is 4.82. The van der Waals surface area contributed by atoms with Crippen molar-refractivity contribution in [1.29, 1.82) is 0 Å². The van der Waals surface area contributed by atoms with E-state index in [4.69, 9.17) is 16.1 Å². The SMILES string of the molecule is Cc1cc(CSc2ncccc2C(=O)Nc2ccnn2Cc2ccccc2Cl)no1. The van der Waals surface area contributed by atoms with Crippen LogP contribution in [0, 0.1) is 6.92 Å². The third kappa shape index (κ3) is 4.72. The topological polar surface area (TPSA) is 85.8 Å². The van der Waals surface area contributed by atoms with E-state index < -0.39 is 0 Å². The van der Waals surface area contributed by atoms with Crippen LogP contribution in [0.15, 0.2) is 70.5 Å². The van der Waals surface area contributed by atoms with Gasteiger partial charge in [-0.15, -0.1) is 0 Å². The van der Waals surface area contributed by atoms with E-state index in [9.17, 15) is 4.79 Å². The van der Waals surface area contributed by atoms with Crippen molar-refractivity contribution in [2.24, 2.45) is 0 Å². The molecule has 0 spiro atoms. The maximum Gasteiger partial charge on any atom is 0.259 e. The smallest absolute Gasteiger partial charge is 0.259 e. The van der Waals surface area contributed by atoms with Crippen LogP contribution in [0.25, 0.3) is 0 Å². The van der Waals surface area contributed by atoms with Gasteiger partial charge in [-0.05, 0) is 30.7 Å². The Morgan fingerprint density at radius 2 is 2.07 bits per heavy atom. The summed E-state index contributed by atoms with van der Waals surface area (Å²) in [4.78, 5) is 17.3. The first-order chi connectivity index (χ1) is 14.6. The average Bonchev–Trinajstić information content (AvgIpc) is 3.37. The van der Waals surface area contributed by atoms with Crippen molar-refractivity contribution >= 4 is 35.1 Å². The molecule has 4 rings (SSSR count). The number of rotatable bonds is 7. The molecule has 1 aromatic carbocycles. The summed E-state index contributed by atoms with van der Waals surface area (Å²) in [6.45, 7) is 2.29. The van der Waals surface area contributed by atoms with E-state index in [1.165, 1.54) is 11.8 Å². The fourth-order valence-corrected chi connectivity index (χ4v) is 3.91. The van der Waals surface area contributed by atoms with Gasteiger partial charge in [-0.25, -0.2) is 9.67 Å². The highest BCUT2D eigenvalue weighted by Crippen LogP contribution is 2.25. The summed E-state index contributed by atoms with van der Waals surface area (Å²) < 4.78 is 6.78. The molecule has 1 N–H and O–H groups in total. The van der Waals surface area contributed by atoms with E-state index >= 15 is 0 Å². The van der Waals surface area contributed by atoms with Crippen LogP contribution in [0.5, 0.6) is 0 Å². The number of benzene rings is 1. The van der Waals surface area contributed by atoms with E-state index in [1.807, 2.05) is 37.3 Å². The molecule has 9 heteroatoms. The lowest BCUT2D eigenvalue weighted by molar-refractivity contribution is 0.102. The number of aryl methyl sites for hydroxylation is 1. The van der Waals surface area contributed by atoms with E-state index in [0.717, 1.165) is 17.0 Å². The van der Waals surface area contributed by atoms with Gasteiger partial charge in [-0.1, -0.05) is 46.7 Å². The number of anilines is 1. The fourth-order valence-electron chi connectivity index (χ4n) is 2.84. The number of amides is 1. The third-order valence-corrected chi connectivity index (χ3v) is 5.69. The number of halogens is 1. The van der Waals surface area contributed by atoms with Gasteiger partial charge in [-0.2, -0.15) is 5.10 Å². The summed E-state index contributed by atoms with van der Waals surface area (Å²) in [5.74, 6) is 1.62. The quantitative estimate of drug-likeness (QED) is 0.415.